The Morgan fingerprint density at radius 3 is 2.94 bits per heavy atom. The molecule has 0 bridgehead atoms. The summed E-state index contributed by atoms with van der Waals surface area (Å²) in [5.74, 6) is 1.25. The fourth-order valence-electron chi connectivity index (χ4n) is 1.86. The van der Waals surface area contributed by atoms with Crippen LogP contribution in [0, 0.1) is 0 Å². The lowest BCUT2D eigenvalue weighted by Crippen LogP contribution is -2.11. The zero-order valence-electron chi connectivity index (χ0n) is 9.64. The smallest absolute Gasteiger partial charge is 0.346 e. The molecule has 0 amide bonds. The number of furan rings is 1. The SMILES string of the molecule is COc1ccc2[nH]c(=O)nc(-c3ccco3)c2c1. The topological polar surface area (TPSA) is 68.1 Å². The number of H-pyrrole nitrogens is 1. The quantitative estimate of drug-likeness (QED) is 0.747. The monoisotopic (exact) mass is 242 g/mol. The lowest BCUT2D eigenvalue weighted by Gasteiger charge is -2.05. The van der Waals surface area contributed by atoms with Gasteiger partial charge in [0, 0.05) is 5.39 Å². The standard InChI is InChI=1S/C13H10N2O3/c1-17-8-4-5-10-9(7-8)12(15-13(16)14-10)11-3-2-6-18-11/h2-7H,1H3,(H,14,15,16). The van der Waals surface area contributed by atoms with E-state index < -0.39 is 5.69 Å². The molecule has 5 nitrogen and oxygen atoms in total. The maximum atomic E-state index is 11.5. The molecule has 0 fully saturated rings. The third-order valence-electron chi connectivity index (χ3n) is 2.69. The minimum absolute atomic E-state index is 0.404. The molecular formula is C13H10N2O3. The van der Waals surface area contributed by atoms with Gasteiger partial charge in [0.25, 0.3) is 0 Å². The molecule has 2 aromatic heterocycles. The summed E-state index contributed by atoms with van der Waals surface area (Å²) in [5, 5.41) is 0.781. The van der Waals surface area contributed by atoms with Crippen molar-refractivity contribution in [3.05, 3.63) is 47.1 Å². The van der Waals surface area contributed by atoms with Gasteiger partial charge in [-0.2, -0.15) is 4.98 Å². The summed E-state index contributed by atoms with van der Waals surface area (Å²) in [4.78, 5) is 18.2. The summed E-state index contributed by atoms with van der Waals surface area (Å²) in [5.41, 5.74) is 0.805. The third-order valence-corrected chi connectivity index (χ3v) is 2.69. The summed E-state index contributed by atoms with van der Waals surface area (Å²) in [7, 11) is 1.59. The molecule has 1 N–H and O–H groups in total. The predicted molar refractivity (Wildman–Crippen MR) is 66.6 cm³/mol. The second-order valence-corrected chi connectivity index (χ2v) is 3.78. The summed E-state index contributed by atoms with van der Waals surface area (Å²) in [6.45, 7) is 0. The van der Waals surface area contributed by atoms with Crippen molar-refractivity contribution in [2.24, 2.45) is 0 Å². The van der Waals surface area contributed by atoms with Gasteiger partial charge in [0.15, 0.2) is 5.76 Å². The summed E-state index contributed by atoms with van der Waals surface area (Å²) in [6, 6.07) is 8.90. The highest BCUT2D eigenvalue weighted by atomic mass is 16.5. The zero-order chi connectivity index (χ0) is 12.5. The van der Waals surface area contributed by atoms with E-state index >= 15 is 0 Å². The van der Waals surface area contributed by atoms with Gasteiger partial charge in [-0.25, -0.2) is 4.79 Å². The van der Waals surface area contributed by atoms with E-state index in [0.717, 1.165) is 5.39 Å². The lowest BCUT2D eigenvalue weighted by atomic mass is 10.1. The van der Waals surface area contributed by atoms with Gasteiger partial charge in [-0.1, -0.05) is 0 Å². The number of methoxy groups -OCH3 is 1. The highest BCUT2D eigenvalue weighted by Gasteiger charge is 2.10. The number of ether oxygens (including phenoxy) is 1. The number of hydrogen-bond acceptors (Lipinski definition) is 4. The highest BCUT2D eigenvalue weighted by Crippen LogP contribution is 2.27. The van der Waals surface area contributed by atoms with E-state index in [4.69, 9.17) is 9.15 Å². The number of fused-ring (bicyclic) bond motifs is 1. The molecule has 0 unspecified atom stereocenters. The Kier molecular flexibility index (Phi) is 2.37. The summed E-state index contributed by atoms with van der Waals surface area (Å²) >= 11 is 0. The average Bonchev–Trinajstić information content (AvgIpc) is 2.91. The zero-order valence-corrected chi connectivity index (χ0v) is 9.64. The fourth-order valence-corrected chi connectivity index (χ4v) is 1.86. The number of aromatic nitrogens is 2. The molecule has 0 radical (unpaired) electrons. The van der Waals surface area contributed by atoms with Crippen LogP contribution in [0.4, 0.5) is 0 Å². The number of rotatable bonds is 2. The summed E-state index contributed by atoms with van der Waals surface area (Å²) < 4.78 is 10.5. The van der Waals surface area contributed by atoms with Crippen LogP contribution in [0.2, 0.25) is 0 Å². The van der Waals surface area contributed by atoms with Crippen LogP contribution < -0.4 is 10.4 Å². The molecule has 18 heavy (non-hydrogen) atoms. The number of aromatic amines is 1. The molecule has 0 saturated carbocycles. The molecule has 0 aliphatic heterocycles. The van der Waals surface area contributed by atoms with Gasteiger partial charge in [0.05, 0.1) is 18.9 Å². The molecule has 0 saturated heterocycles. The van der Waals surface area contributed by atoms with Crippen LogP contribution in [0.3, 0.4) is 0 Å². The molecule has 3 aromatic rings. The second-order valence-electron chi connectivity index (χ2n) is 3.78. The van der Waals surface area contributed by atoms with Crippen LogP contribution >= 0.6 is 0 Å². The van der Waals surface area contributed by atoms with Crippen molar-refractivity contribution in [3.63, 3.8) is 0 Å². The fraction of sp³-hybridized carbons (Fsp3) is 0.0769. The molecule has 3 rings (SSSR count). The van der Waals surface area contributed by atoms with E-state index in [2.05, 4.69) is 9.97 Å². The Balaban J connectivity index is 2.38. The van der Waals surface area contributed by atoms with Crippen molar-refractivity contribution in [1.82, 2.24) is 9.97 Å². The minimum Gasteiger partial charge on any atom is -0.497 e. The van der Waals surface area contributed by atoms with Crippen LogP contribution in [0.15, 0.2) is 45.8 Å². The molecular weight excluding hydrogens is 232 g/mol. The van der Waals surface area contributed by atoms with E-state index in [9.17, 15) is 4.79 Å². The normalized spacial score (nSPS) is 10.7. The second kappa shape index (κ2) is 4.03. The average molecular weight is 242 g/mol. The molecule has 0 aliphatic rings. The van der Waals surface area contributed by atoms with E-state index in [1.807, 2.05) is 6.07 Å². The molecule has 1 aromatic carbocycles. The Bertz CT molecular complexity index is 745. The van der Waals surface area contributed by atoms with Crippen LogP contribution in [-0.4, -0.2) is 17.1 Å². The number of hydrogen-bond donors (Lipinski definition) is 1. The molecule has 0 spiro atoms. The highest BCUT2D eigenvalue weighted by molar-refractivity contribution is 5.91. The van der Waals surface area contributed by atoms with E-state index in [1.54, 1.807) is 37.6 Å². The van der Waals surface area contributed by atoms with E-state index in [0.29, 0.717) is 22.7 Å². The van der Waals surface area contributed by atoms with Crippen molar-refractivity contribution in [2.45, 2.75) is 0 Å². The van der Waals surface area contributed by atoms with Gasteiger partial charge in [-0.15, -0.1) is 0 Å². The van der Waals surface area contributed by atoms with Crippen LogP contribution in [-0.2, 0) is 0 Å². The molecule has 90 valence electrons. The third kappa shape index (κ3) is 1.66. The molecule has 5 heteroatoms. The first-order valence-corrected chi connectivity index (χ1v) is 5.40. The minimum atomic E-state index is -0.404. The van der Waals surface area contributed by atoms with Crippen molar-refractivity contribution in [2.75, 3.05) is 7.11 Å². The van der Waals surface area contributed by atoms with E-state index in [-0.39, 0.29) is 0 Å². The predicted octanol–water partition coefficient (Wildman–Crippen LogP) is 2.19. The first kappa shape index (κ1) is 10.6. The van der Waals surface area contributed by atoms with Gasteiger partial charge >= 0.3 is 5.69 Å². The van der Waals surface area contributed by atoms with Crippen molar-refractivity contribution >= 4 is 10.9 Å². The molecule has 2 heterocycles. The van der Waals surface area contributed by atoms with Gasteiger partial charge in [0.1, 0.15) is 11.4 Å². The van der Waals surface area contributed by atoms with Gasteiger partial charge in [-0.05, 0) is 30.3 Å². The van der Waals surface area contributed by atoms with Gasteiger partial charge in [-0.3, -0.25) is 0 Å². The maximum absolute atomic E-state index is 11.5. The Morgan fingerprint density at radius 2 is 2.22 bits per heavy atom. The van der Waals surface area contributed by atoms with E-state index in [1.165, 1.54) is 0 Å². The maximum Gasteiger partial charge on any atom is 0.346 e. The van der Waals surface area contributed by atoms with Crippen molar-refractivity contribution < 1.29 is 9.15 Å². The first-order chi connectivity index (χ1) is 8.78. The number of benzene rings is 1. The molecule has 0 aliphatic carbocycles. The van der Waals surface area contributed by atoms with Crippen molar-refractivity contribution in [3.8, 4) is 17.2 Å². The molecule has 0 atom stereocenters. The summed E-state index contributed by atoms with van der Waals surface area (Å²) in [6.07, 6.45) is 1.55. The first-order valence-electron chi connectivity index (χ1n) is 5.40. The van der Waals surface area contributed by atoms with Crippen LogP contribution in [0.25, 0.3) is 22.4 Å². The largest absolute Gasteiger partial charge is 0.497 e. The Labute approximate surface area is 102 Å². The number of nitrogens with one attached hydrogen (secondary N) is 1. The number of nitrogens with zero attached hydrogens (tertiary/aromatic N) is 1. The van der Waals surface area contributed by atoms with Gasteiger partial charge in [0.2, 0.25) is 0 Å². The van der Waals surface area contributed by atoms with Gasteiger partial charge < -0.3 is 14.1 Å². The van der Waals surface area contributed by atoms with Crippen LogP contribution in [0.5, 0.6) is 5.75 Å². The lowest BCUT2D eigenvalue weighted by molar-refractivity contribution is 0.415. The van der Waals surface area contributed by atoms with Crippen LogP contribution in [0.1, 0.15) is 0 Å². The van der Waals surface area contributed by atoms with Crippen molar-refractivity contribution in [1.29, 1.82) is 0 Å². The Hall–Kier alpha value is -2.56. The Morgan fingerprint density at radius 1 is 1.33 bits per heavy atom.